The average molecular weight is 520 g/mol. The summed E-state index contributed by atoms with van der Waals surface area (Å²) in [6, 6.07) is 12.6. The summed E-state index contributed by atoms with van der Waals surface area (Å²) in [6.45, 7) is 8.43. The third-order valence-electron chi connectivity index (χ3n) is 6.51. The van der Waals surface area contributed by atoms with E-state index in [1.807, 2.05) is 37.3 Å². The van der Waals surface area contributed by atoms with Crippen LogP contribution in [-0.4, -0.2) is 35.4 Å². The fourth-order valence-corrected chi connectivity index (χ4v) is 4.72. The van der Waals surface area contributed by atoms with Crippen LogP contribution in [0.2, 0.25) is 10.0 Å². The quantitative estimate of drug-likeness (QED) is 0.410. The zero-order chi connectivity index (χ0) is 25.6. The van der Waals surface area contributed by atoms with Crippen LogP contribution in [0.3, 0.4) is 0 Å². The molecule has 7 heteroatoms. The molecule has 190 valence electrons. The fourth-order valence-electron chi connectivity index (χ4n) is 4.40. The largest absolute Gasteiger partial charge is 0.484 e. The van der Waals surface area contributed by atoms with E-state index in [-0.39, 0.29) is 36.4 Å². The number of amides is 2. The highest BCUT2D eigenvalue weighted by Gasteiger charge is 2.31. The summed E-state index contributed by atoms with van der Waals surface area (Å²) in [4.78, 5) is 28.2. The van der Waals surface area contributed by atoms with Crippen LogP contribution in [0.25, 0.3) is 0 Å². The van der Waals surface area contributed by atoms with Crippen LogP contribution in [0.1, 0.15) is 70.9 Å². The van der Waals surface area contributed by atoms with Crippen molar-refractivity contribution in [2.75, 3.05) is 6.61 Å². The van der Waals surface area contributed by atoms with Gasteiger partial charge < -0.3 is 15.0 Å². The van der Waals surface area contributed by atoms with Gasteiger partial charge in [0.2, 0.25) is 5.91 Å². The maximum Gasteiger partial charge on any atom is 0.261 e. The Morgan fingerprint density at radius 3 is 2.29 bits per heavy atom. The molecule has 2 aromatic rings. The van der Waals surface area contributed by atoms with Crippen molar-refractivity contribution in [1.82, 2.24) is 10.2 Å². The van der Waals surface area contributed by atoms with Crippen molar-refractivity contribution in [2.45, 2.75) is 83.8 Å². The second-order valence-electron chi connectivity index (χ2n) is 10.2. The summed E-state index contributed by atoms with van der Waals surface area (Å²) in [7, 11) is 0. The lowest BCUT2D eigenvalue weighted by molar-refractivity contribution is -0.143. The van der Waals surface area contributed by atoms with Crippen LogP contribution in [0.5, 0.6) is 5.75 Å². The average Bonchev–Trinajstić information content (AvgIpc) is 3.32. The summed E-state index contributed by atoms with van der Waals surface area (Å²) in [6.07, 6.45) is 4.70. The Morgan fingerprint density at radius 1 is 1.06 bits per heavy atom. The first-order valence-corrected chi connectivity index (χ1v) is 13.1. The fraction of sp³-hybridized carbons (Fsp3) is 0.500. The number of halogens is 2. The summed E-state index contributed by atoms with van der Waals surface area (Å²) < 4.78 is 5.83. The molecular formula is C28H36Cl2N2O3. The van der Waals surface area contributed by atoms with Gasteiger partial charge in [-0.2, -0.15) is 0 Å². The number of nitrogens with zero attached hydrogens (tertiary/aromatic N) is 1. The highest BCUT2D eigenvalue weighted by atomic mass is 35.5. The van der Waals surface area contributed by atoms with E-state index in [1.165, 1.54) is 5.56 Å². The number of carbonyl (C=O) groups excluding carboxylic acids is 2. The molecule has 3 rings (SSSR count). The lowest BCUT2D eigenvalue weighted by Gasteiger charge is -2.31. The third-order valence-corrected chi connectivity index (χ3v) is 7.25. The van der Waals surface area contributed by atoms with E-state index in [4.69, 9.17) is 27.9 Å². The van der Waals surface area contributed by atoms with Gasteiger partial charge in [0.25, 0.3) is 5.91 Å². The van der Waals surface area contributed by atoms with Gasteiger partial charge in [-0.3, -0.25) is 9.59 Å². The summed E-state index contributed by atoms with van der Waals surface area (Å²) in [5, 5.41) is 4.00. The Labute approximate surface area is 219 Å². The summed E-state index contributed by atoms with van der Waals surface area (Å²) in [5.74, 6) is 0.232. The second kappa shape index (κ2) is 12.1. The first-order valence-electron chi connectivity index (χ1n) is 12.4. The Balaban J connectivity index is 1.76. The van der Waals surface area contributed by atoms with Crippen molar-refractivity contribution >= 4 is 35.0 Å². The maximum absolute atomic E-state index is 13.4. The number of carbonyl (C=O) groups is 2. The molecule has 0 saturated heterocycles. The zero-order valence-electron chi connectivity index (χ0n) is 21.1. The molecule has 1 N–H and O–H groups in total. The predicted molar refractivity (Wildman–Crippen MR) is 142 cm³/mol. The van der Waals surface area contributed by atoms with Crippen molar-refractivity contribution in [3.05, 3.63) is 63.6 Å². The molecule has 0 spiro atoms. The Bertz CT molecular complexity index is 1010. The highest BCUT2D eigenvalue weighted by molar-refractivity contribution is 6.42. The van der Waals surface area contributed by atoms with Crippen molar-refractivity contribution in [1.29, 1.82) is 0 Å². The third kappa shape index (κ3) is 7.62. The summed E-state index contributed by atoms with van der Waals surface area (Å²) >= 11 is 12.3. The molecule has 35 heavy (non-hydrogen) atoms. The monoisotopic (exact) mass is 518 g/mol. The van der Waals surface area contributed by atoms with Crippen LogP contribution in [0.15, 0.2) is 42.5 Å². The molecule has 0 aliphatic heterocycles. The van der Waals surface area contributed by atoms with E-state index in [0.29, 0.717) is 22.2 Å². The number of hydrogen-bond acceptors (Lipinski definition) is 3. The highest BCUT2D eigenvalue weighted by Crippen LogP contribution is 2.26. The number of ether oxygens (including phenoxy) is 1. The molecule has 1 aliphatic rings. The molecule has 5 nitrogen and oxygen atoms in total. The lowest BCUT2D eigenvalue weighted by atomic mass is 9.87. The van der Waals surface area contributed by atoms with Gasteiger partial charge in [-0.05, 0) is 60.1 Å². The minimum atomic E-state index is -0.607. The van der Waals surface area contributed by atoms with E-state index in [2.05, 4.69) is 26.1 Å². The SMILES string of the molecule is CCC(C(=O)NC1CCCC1)N(Cc1ccc(Cl)c(Cl)c1)C(=O)COc1ccc(C(C)(C)C)cc1. The molecule has 1 unspecified atom stereocenters. The van der Waals surface area contributed by atoms with Crippen LogP contribution < -0.4 is 10.1 Å². The number of benzene rings is 2. The zero-order valence-corrected chi connectivity index (χ0v) is 22.6. The lowest BCUT2D eigenvalue weighted by Crippen LogP contribution is -2.52. The van der Waals surface area contributed by atoms with Crippen molar-refractivity contribution < 1.29 is 14.3 Å². The van der Waals surface area contributed by atoms with Crippen LogP contribution in [0, 0.1) is 0 Å². The molecule has 1 aliphatic carbocycles. The molecule has 0 radical (unpaired) electrons. The molecule has 0 heterocycles. The van der Waals surface area contributed by atoms with Crippen molar-refractivity contribution in [2.24, 2.45) is 0 Å². The standard InChI is InChI=1S/C28H36Cl2N2O3/c1-5-25(27(34)31-21-8-6-7-9-21)32(17-19-10-15-23(29)24(30)16-19)26(33)18-35-22-13-11-20(12-14-22)28(2,3)4/h10-16,21,25H,5-9,17-18H2,1-4H3,(H,31,34). The molecule has 1 atom stereocenters. The summed E-state index contributed by atoms with van der Waals surface area (Å²) in [5.41, 5.74) is 2.02. The molecular weight excluding hydrogens is 483 g/mol. The second-order valence-corrected chi connectivity index (χ2v) is 11.1. The molecule has 0 aromatic heterocycles. The molecule has 2 aromatic carbocycles. The van der Waals surface area contributed by atoms with Crippen LogP contribution in [-0.2, 0) is 21.5 Å². The van der Waals surface area contributed by atoms with E-state index < -0.39 is 6.04 Å². The van der Waals surface area contributed by atoms with Gasteiger partial charge in [-0.25, -0.2) is 0 Å². The van der Waals surface area contributed by atoms with Gasteiger partial charge in [0.1, 0.15) is 11.8 Å². The molecule has 0 bridgehead atoms. The Hall–Kier alpha value is -2.24. The Kier molecular flexibility index (Phi) is 9.48. The van der Waals surface area contributed by atoms with E-state index in [1.54, 1.807) is 17.0 Å². The van der Waals surface area contributed by atoms with Crippen LogP contribution in [0.4, 0.5) is 0 Å². The van der Waals surface area contributed by atoms with Gasteiger partial charge >= 0.3 is 0 Å². The minimum absolute atomic E-state index is 0.0338. The number of hydrogen-bond donors (Lipinski definition) is 1. The maximum atomic E-state index is 13.4. The normalized spacial score (nSPS) is 15.0. The van der Waals surface area contributed by atoms with Gasteiger partial charge in [0, 0.05) is 12.6 Å². The van der Waals surface area contributed by atoms with Gasteiger partial charge in [0.05, 0.1) is 10.0 Å². The van der Waals surface area contributed by atoms with Crippen molar-refractivity contribution in [3.63, 3.8) is 0 Å². The number of nitrogens with one attached hydrogen (secondary N) is 1. The number of rotatable bonds is 9. The molecule has 1 saturated carbocycles. The topological polar surface area (TPSA) is 58.6 Å². The predicted octanol–water partition coefficient (Wildman–Crippen LogP) is 6.54. The van der Waals surface area contributed by atoms with Gasteiger partial charge in [-0.15, -0.1) is 0 Å². The first kappa shape index (κ1) is 27.3. The van der Waals surface area contributed by atoms with Crippen molar-refractivity contribution in [3.8, 4) is 5.75 Å². The smallest absolute Gasteiger partial charge is 0.261 e. The van der Waals surface area contributed by atoms with Crippen LogP contribution >= 0.6 is 23.2 Å². The first-order chi connectivity index (χ1) is 16.6. The Morgan fingerprint density at radius 2 is 1.71 bits per heavy atom. The minimum Gasteiger partial charge on any atom is -0.484 e. The van der Waals surface area contributed by atoms with E-state index >= 15 is 0 Å². The van der Waals surface area contributed by atoms with E-state index in [0.717, 1.165) is 31.2 Å². The molecule has 2 amide bonds. The van der Waals surface area contributed by atoms with E-state index in [9.17, 15) is 9.59 Å². The molecule has 1 fully saturated rings. The van der Waals surface area contributed by atoms with Gasteiger partial charge in [0.15, 0.2) is 6.61 Å². The van der Waals surface area contributed by atoms with Gasteiger partial charge in [-0.1, -0.05) is 81.9 Å².